The summed E-state index contributed by atoms with van der Waals surface area (Å²) in [5.74, 6) is 0.904. The van der Waals surface area contributed by atoms with Crippen molar-refractivity contribution in [3.05, 3.63) is 298 Å². The zero-order chi connectivity index (χ0) is 92.3. The number of carbonyl (C=O) groups excluding carboxylic acids is 4. The quantitative estimate of drug-likeness (QED) is 0.0193. The summed E-state index contributed by atoms with van der Waals surface area (Å²) < 4.78 is 82.5. The van der Waals surface area contributed by atoms with Gasteiger partial charge in [0.15, 0.2) is 0 Å². The van der Waals surface area contributed by atoms with Gasteiger partial charge in [0.1, 0.15) is 11.6 Å². The Hall–Kier alpha value is -13.8. The smallest absolute Gasteiger partial charge is 0.385 e. The van der Waals surface area contributed by atoms with Crippen LogP contribution in [0.15, 0.2) is 231 Å². The summed E-state index contributed by atoms with van der Waals surface area (Å²) in [4.78, 5) is 94.1. The van der Waals surface area contributed by atoms with E-state index in [0.717, 1.165) is 63.1 Å². The number of amides is 4. The molecule has 2 fully saturated rings. The number of halogens is 5. The average Bonchev–Trinajstić information content (AvgIpc) is 0.787. The third kappa shape index (κ3) is 28.6. The highest BCUT2D eigenvalue weighted by Crippen LogP contribution is 2.34. The Balaban J connectivity index is 0.000000217. The van der Waals surface area contributed by atoms with Crippen LogP contribution in [0, 0.1) is 41.7 Å². The molecule has 1 saturated carbocycles. The van der Waals surface area contributed by atoms with Crippen molar-refractivity contribution in [2.24, 2.45) is 11.8 Å². The third-order valence-electron chi connectivity index (χ3n) is 21.4. The van der Waals surface area contributed by atoms with Gasteiger partial charge in [-0.3, -0.25) is 19.2 Å². The number of ether oxygens (including phenoxy) is 3. The molecule has 5 N–H and O–H groups in total. The van der Waals surface area contributed by atoms with Crippen LogP contribution in [0.2, 0.25) is 0 Å². The number of methoxy groups -OCH3 is 2. The number of nitrogens with one attached hydrogen (secondary N) is 5. The maximum Gasteiger partial charge on any atom is 0.416 e. The summed E-state index contributed by atoms with van der Waals surface area (Å²) in [6.07, 6.45) is 9.23. The molecule has 1 aliphatic carbocycles. The van der Waals surface area contributed by atoms with Crippen LogP contribution >= 0.6 is 0 Å². The Labute approximate surface area is 760 Å². The Morgan fingerprint density at radius 2 is 1.09 bits per heavy atom. The summed E-state index contributed by atoms with van der Waals surface area (Å²) in [7, 11) is 5.06. The van der Waals surface area contributed by atoms with Crippen LogP contribution in [0.5, 0.6) is 0 Å². The van der Waals surface area contributed by atoms with E-state index in [-0.39, 0.29) is 62.8 Å². The van der Waals surface area contributed by atoms with Crippen molar-refractivity contribution in [1.29, 1.82) is 5.26 Å². The molecule has 1 saturated heterocycles. The second-order valence-corrected chi connectivity index (χ2v) is 32.1. The minimum atomic E-state index is -4.44. The van der Waals surface area contributed by atoms with Gasteiger partial charge in [-0.2, -0.15) is 18.4 Å². The Morgan fingerprint density at radius 1 is 0.554 bits per heavy atom. The van der Waals surface area contributed by atoms with Crippen LogP contribution in [0.4, 0.5) is 45.7 Å². The summed E-state index contributed by atoms with van der Waals surface area (Å²) in [6.45, 7) is 16.9. The van der Waals surface area contributed by atoms with Crippen molar-refractivity contribution >= 4 is 47.4 Å². The lowest BCUT2D eigenvalue weighted by atomic mass is 9.89. The van der Waals surface area contributed by atoms with Gasteiger partial charge < -0.3 is 55.5 Å². The molecule has 1 aliphatic heterocycles. The maximum atomic E-state index is 14.7. The number of nitrogens with zero attached hydrogens (tertiary/aromatic N) is 12. The first-order valence-electron chi connectivity index (χ1n) is 43.5. The van der Waals surface area contributed by atoms with E-state index in [1.165, 1.54) is 81.0 Å². The van der Waals surface area contributed by atoms with Crippen molar-refractivity contribution in [3.63, 3.8) is 0 Å². The van der Waals surface area contributed by atoms with Gasteiger partial charge >= 0.3 is 6.18 Å². The van der Waals surface area contributed by atoms with Gasteiger partial charge in [-0.15, -0.1) is 0 Å². The predicted octanol–water partition coefficient (Wildman–Crippen LogP) is 19.5. The van der Waals surface area contributed by atoms with Gasteiger partial charge in [-0.1, -0.05) is 190 Å². The van der Waals surface area contributed by atoms with E-state index in [2.05, 4.69) is 91.8 Å². The summed E-state index contributed by atoms with van der Waals surface area (Å²) in [5, 5.41) is 24.3. The molecule has 682 valence electrons. The molecule has 2 aliphatic rings. The van der Waals surface area contributed by atoms with Crippen molar-refractivity contribution in [2.75, 3.05) is 114 Å². The van der Waals surface area contributed by atoms with E-state index in [1.807, 2.05) is 131 Å². The molecular formula is C101H116F5N17O7. The van der Waals surface area contributed by atoms with E-state index in [9.17, 15) is 41.1 Å². The lowest BCUT2D eigenvalue weighted by Gasteiger charge is -2.27. The number of morpholine rings is 1. The number of benzene rings is 8. The minimum Gasteiger partial charge on any atom is -0.385 e. The number of aromatic nitrogens is 8. The summed E-state index contributed by atoms with van der Waals surface area (Å²) in [5.41, 5.74) is 11.2. The highest BCUT2D eigenvalue weighted by Gasteiger charge is 2.32. The number of rotatable bonds is 32. The van der Waals surface area contributed by atoms with E-state index >= 15 is 0 Å². The van der Waals surface area contributed by atoms with Gasteiger partial charge in [0.2, 0.25) is 23.8 Å². The molecule has 4 aromatic heterocycles. The predicted molar refractivity (Wildman–Crippen MR) is 503 cm³/mol. The molecule has 0 unspecified atom stereocenters. The fourth-order valence-corrected chi connectivity index (χ4v) is 14.6. The van der Waals surface area contributed by atoms with Crippen LogP contribution in [-0.4, -0.2) is 173 Å². The Morgan fingerprint density at radius 3 is 1.72 bits per heavy atom. The minimum absolute atomic E-state index is 0. The molecule has 14 rings (SSSR count). The van der Waals surface area contributed by atoms with Gasteiger partial charge in [-0.05, 0) is 141 Å². The van der Waals surface area contributed by atoms with Crippen molar-refractivity contribution < 1.29 is 59.6 Å². The van der Waals surface area contributed by atoms with Crippen molar-refractivity contribution in [3.8, 4) is 62.2 Å². The molecule has 8 aromatic carbocycles. The number of aryl methyl sites for hydroxylation is 1. The molecule has 12 aromatic rings. The molecular weight excluding hydrogens is 1660 g/mol. The third-order valence-corrected chi connectivity index (χ3v) is 21.4. The van der Waals surface area contributed by atoms with Gasteiger partial charge in [0.05, 0.1) is 82.0 Å². The lowest BCUT2D eigenvalue weighted by molar-refractivity contribution is -0.137. The van der Waals surface area contributed by atoms with Crippen LogP contribution in [-0.2, 0) is 39.9 Å². The molecule has 29 heteroatoms. The summed E-state index contributed by atoms with van der Waals surface area (Å²) >= 11 is 0. The monoisotopic (exact) mass is 1770 g/mol. The van der Waals surface area contributed by atoms with E-state index in [0.29, 0.717) is 160 Å². The molecule has 0 bridgehead atoms. The second-order valence-electron chi connectivity index (χ2n) is 32.1. The highest BCUT2D eigenvalue weighted by molar-refractivity contribution is 6.02. The number of hydrogen-bond acceptors (Lipinski definition) is 20. The summed E-state index contributed by atoms with van der Waals surface area (Å²) in [6, 6.07) is 62.4. The molecule has 0 spiro atoms. The average molecular weight is 1780 g/mol. The van der Waals surface area contributed by atoms with Crippen molar-refractivity contribution in [1.82, 2.24) is 60.3 Å². The van der Waals surface area contributed by atoms with Crippen LogP contribution in [0.1, 0.15) is 145 Å². The van der Waals surface area contributed by atoms with Crippen LogP contribution in [0.25, 0.3) is 56.2 Å². The largest absolute Gasteiger partial charge is 0.416 e. The molecule has 5 heterocycles. The topological polar surface area (TPSA) is 293 Å². The normalized spacial score (nSPS) is 12.5. The van der Waals surface area contributed by atoms with E-state index in [4.69, 9.17) is 24.5 Å². The number of hydrogen-bond donors (Lipinski definition) is 5. The van der Waals surface area contributed by atoms with E-state index in [1.54, 1.807) is 85.8 Å². The first-order chi connectivity index (χ1) is 62.9. The molecule has 0 atom stereocenters. The molecule has 0 radical (unpaired) electrons. The van der Waals surface area contributed by atoms with Crippen LogP contribution < -0.4 is 31.5 Å². The Kier molecular flexibility index (Phi) is 36.4. The zero-order valence-corrected chi connectivity index (χ0v) is 74.4. The van der Waals surface area contributed by atoms with Gasteiger partial charge in [-0.25, -0.2) is 48.7 Å². The number of nitriles is 1. The number of carbonyl (C=O) groups is 4. The Bertz CT molecular complexity index is 5750. The molecule has 24 nitrogen and oxygen atoms in total. The maximum absolute atomic E-state index is 14.7. The first kappa shape index (κ1) is 96.8. The van der Waals surface area contributed by atoms with Crippen molar-refractivity contribution in [2.45, 2.75) is 105 Å². The highest BCUT2D eigenvalue weighted by atomic mass is 19.4. The van der Waals surface area contributed by atoms with E-state index < -0.39 is 23.5 Å². The van der Waals surface area contributed by atoms with Crippen LogP contribution in [0.3, 0.4) is 0 Å². The SMILES string of the molecule is CC(C)CN(C)C(=O)c1cnc(NCCc2cccc(F)c2)nc1-c1ccc(C#N)cc1.COCCCNc1ncc(C(=O)N(Cc2ccccc2)C(C)C)c(-c2ccccc2F)n1.COCCNc1ncc(C(=O)NCC2CCCCC2)c(-c2ccc(-c3ccccc3)cc2)n1.Cc1cccc(-c2nc(N3CCOCC3)ncc2C(=O)NCc2cccc(C(F)(F)F)c2)c1.[HH].[HH].[HH]. The standard InChI is InChI=1S/C27H32N4O2.C25H26FN5O.C25H29FN4O2.C24H23F3N4O2.3H2/c1-33-17-16-28-27-30-19-24(26(32)29-18-20-8-4-2-5-9-20)25(31-27)23-14-12-22(13-15-23)21-10-6-3-7-11-21;1-17(2)16-31(3)24(32)22-15-29-25(28-12-11-18-5-4-6-21(26)13-18)30-23(22)20-9-7-19(14-27)8-10-20;1-18(2)30(17-19-10-5-4-6-11-19)24(31)21-16-28-25(27-14-9-15-32-3)29-23(21)20-12-7-8-13-22(20)26;1-16-4-2-6-18(12-16)21-20(15-29-23(30-21)31-8-10-33-11-9-31)22(32)28-14-17-5-3-7-19(13-17)24(25,26)27;;;/h3,6-7,10-15,19-20H,2,4-5,8-9,16-18H2,1H3,(H,29,32)(H,28,30,31);4-10,13,15,17H,11-12,16H2,1-3H3,(H,28,29,30);4-8,10-13,16,18H,9,14-15,17H2,1-3H3,(H,27,28,29);2-7,12-13,15H,8-11,14H2,1H3,(H,28,32);3*1H. The number of anilines is 4. The van der Waals surface area contributed by atoms with Gasteiger partial charge in [0, 0.05) is 144 Å². The molecule has 4 amide bonds. The zero-order valence-electron chi connectivity index (χ0n) is 74.4. The lowest BCUT2D eigenvalue weighted by Crippen LogP contribution is -2.37. The van der Waals surface area contributed by atoms with Gasteiger partial charge in [0.25, 0.3) is 23.6 Å². The fourth-order valence-electron chi connectivity index (χ4n) is 14.6. The molecule has 130 heavy (non-hydrogen) atoms. The number of alkyl halides is 3. The fraction of sp³-hybridized carbons (Fsp3) is 0.317. The first-order valence-corrected chi connectivity index (χ1v) is 43.5. The second kappa shape index (κ2) is 48.9.